The van der Waals surface area contributed by atoms with Gasteiger partial charge in [-0.3, -0.25) is 0 Å². The van der Waals surface area contributed by atoms with Crippen molar-refractivity contribution in [2.75, 3.05) is 0 Å². The molecule has 0 heterocycles. The first-order valence-electron chi connectivity index (χ1n) is 2.91. The Hall–Kier alpha value is 1.29. The fourth-order valence-electron chi connectivity index (χ4n) is 0.500. The first-order valence-corrected chi connectivity index (χ1v) is 2.91. The molecule has 0 unspecified atom stereocenters. The zero-order chi connectivity index (χ0) is 4.83. The van der Waals surface area contributed by atoms with Crippen LogP contribution in [0.4, 0.5) is 0 Å². The summed E-state index contributed by atoms with van der Waals surface area (Å²) in [4.78, 5) is 0. The maximum Gasteiger partial charge on any atom is 0 e. The number of hydrogen-bond donors (Lipinski definition) is 0. The van der Waals surface area contributed by atoms with Crippen LogP contribution in [0, 0.1) is 0 Å². The van der Waals surface area contributed by atoms with Crippen molar-refractivity contribution in [2.24, 2.45) is 0 Å². The number of rotatable bonds is 3. The van der Waals surface area contributed by atoms with Crippen molar-refractivity contribution in [3.05, 3.63) is 0 Å². The van der Waals surface area contributed by atoms with Crippen molar-refractivity contribution in [1.29, 1.82) is 0 Å². The molecule has 0 aliphatic heterocycles. The van der Waals surface area contributed by atoms with E-state index >= 15 is 0 Å². The predicted octanol–water partition coefficient (Wildman–Crippen LogP) is 3.43. The van der Waals surface area contributed by atoms with Crippen LogP contribution >= 0.6 is 24.8 Å². The summed E-state index contributed by atoms with van der Waals surface area (Å²) < 4.78 is 0. The Bertz CT molecular complexity index is 23.0. The molecule has 0 saturated carbocycles. The Morgan fingerprint density at radius 2 is 1.00 bits per heavy atom. The van der Waals surface area contributed by atoms with Crippen LogP contribution in [0.15, 0.2) is 0 Å². The monoisotopic (exact) mass is 206 g/mol. The summed E-state index contributed by atoms with van der Waals surface area (Å²) >= 11 is 0. The van der Waals surface area contributed by atoms with E-state index in [0.717, 1.165) is 0 Å². The van der Waals surface area contributed by atoms with E-state index in [-0.39, 0.29) is 46.5 Å². The Morgan fingerprint density at radius 3 is 1.11 bits per heavy atom. The molecule has 0 aromatic carbocycles. The van der Waals surface area contributed by atoms with Crippen LogP contribution in [0.2, 0.25) is 0 Å². The van der Waals surface area contributed by atoms with Gasteiger partial charge in [-0.05, 0) is 0 Å². The molecule has 3 heteroatoms. The zero-order valence-corrected chi connectivity index (χ0v) is 9.34. The van der Waals surface area contributed by atoms with Crippen molar-refractivity contribution < 1.29 is 21.7 Å². The summed E-state index contributed by atoms with van der Waals surface area (Å²) in [5.74, 6) is 0. The van der Waals surface area contributed by atoms with Crippen molar-refractivity contribution in [2.45, 2.75) is 39.5 Å². The Labute approximate surface area is 85.9 Å². The van der Waals surface area contributed by atoms with Gasteiger partial charge in [0.1, 0.15) is 0 Å². The minimum atomic E-state index is 0. The summed E-state index contributed by atoms with van der Waals surface area (Å²) in [5.41, 5.74) is 0. The van der Waals surface area contributed by atoms with Crippen molar-refractivity contribution in [1.82, 2.24) is 0 Å². The molecule has 0 aliphatic rings. The number of halogens is 2. The van der Waals surface area contributed by atoms with Gasteiger partial charge in [-0.15, -0.1) is 24.8 Å². The third kappa shape index (κ3) is 26.8. The Kier molecular flexibility index (Phi) is 56.9. The first-order chi connectivity index (χ1) is 2.91. The molecule has 58 valence electrons. The fourth-order valence-corrected chi connectivity index (χ4v) is 0.500. The van der Waals surface area contributed by atoms with Gasteiger partial charge in [0.05, 0.1) is 0 Å². The van der Waals surface area contributed by atoms with Gasteiger partial charge in [0.2, 0.25) is 0 Å². The van der Waals surface area contributed by atoms with Crippen LogP contribution in [0.5, 0.6) is 0 Å². The van der Waals surface area contributed by atoms with Crippen LogP contribution in [-0.4, -0.2) is 0 Å². The van der Waals surface area contributed by atoms with Crippen LogP contribution < -0.4 is 0 Å². The van der Waals surface area contributed by atoms with E-state index in [1.807, 2.05) is 0 Å². The molecule has 9 heavy (non-hydrogen) atoms. The minimum absolute atomic E-state index is 0. The van der Waals surface area contributed by atoms with Crippen LogP contribution in [0.1, 0.15) is 39.5 Å². The fraction of sp³-hybridized carbons (Fsp3) is 1.00. The average molecular weight is 207 g/mol. The van der Waals surface area contributed by atoms with Crippen molar-refractivity contribution in [3.8, 4) is 0 Å². The van der Waals surface area contributed by atoms with Crippen LogP contribution in [-0.2, 0) is 21.7 Å². The largest absolute Gasteiger partial charge is 0.147 e. The van der Waals surface area contributed by atoms with Gasteiger partial charge in [0.25, 0.3) is 0 Å². The molecular formula is C6H16Cl2Ti. The molecule has 0 bridgehead atoms. The van der Waals surface area contributed by atoms with Crippen LogP contribution in [0.25, 0.3) is 0 Å². The molecule has 0 aromatic rings. The quantitative estimate of drug-likeness (QED) is 0.491. The standard InChI is InChI=1S/C6H14.2ClH.Ti/c1-3-5-6-4-2;;;/h3-6H2,1-2H3;2*1H;. The molecule has 0 rings (SSSR count). The topological polar surface area (TPSA) is 0 Å². The molecule has 0 nitrogen and oxygen atoms in total. The molecule has 0 saturated heterocycles. The summed E-state index contributed by atoms with van der Waals surface area (Å²) in [6, 6.07) is 0. The Morgan fingerprint density at radius 1 is 0.778 bits per heavy atom. The summed E-state index contributed by atoms with van der Waals surface area (Å²) in [7, 11) is 0. The van der Waals surface area contributed by atoms with E-state index < -0.39 is 0 Å². The zero-order valence-electron chi connectivity index (χ0n) is 6.14. The molecule has 0 spiro atoms. The van der Waals surface area contributed by atoms with E-state index in [1.54, 1.807) is 0 Å². The molecule has 0 radical (unpaired) electrons. The van der Waals surface area contributed by atoms with Gasteiger partial charge in [-0.1, -0.05) is 39.5 Å². The maximum atomic E-state index is 2.23. The van der Waals surface area contributed by atoms with E-state index in [2.05, 4.69) is 13.8 Å². The first kappa shape index (κ1) is 22.4. The summed E-state index contributed by atoms with van der Waals surface area (Å²) in [6.45, 7) is 4.46. The normalized spacial score (nSPS) is 6.00. The number of unbranched alkanes of at least 4 members (excludes halogenated alkanes) is 3. The predicted molar refractivity (Wildman–Crippen MR) is 44.3 cm³/mol. The van der Waals surface area contributed by atoms with Gasteiger partial charge >= 0.3 is 0 Å². The van der Waals surface area contributed by atoms with Gasteiger partial charge in [-0.2, -0.15) is 0 Å². The molecule has 0 atom stereocenters. The molecule has 0 N–H and O–H groups in total. The third-order valence-electron chi connectivity index (χ3n) is 0.957. The number of hydrogen-bond acceptors (Lipinski definition) is 0. The second-order valence-electron chi connectivity index (χ2n) is 1.71. The van der Waals surface area contributed by atoms with Gasteiger partial charge < -0.3 is 0 Å². The van der Waals surface area contributed by atoms with Gasteiger partial charge in [-0.25, -0.2) is 0 Å². The van der Waals surface area contributed by atoms with E-state index in [0.29, 0.717) is 0 Å². The molecule has 0 aliphatic carbocycles. The van der Waals surface area contributed by atoms with E-state index in [1.165, 1.54) is 25.7 Å². The van der Waals surface area contributed by atoms with Gasteiger partial charge in [0.15, 0.2) is 0 Å². The summed E-state index contributed by atoms with van der Waals surface area (Å²) in [5, 5.41) is 0. The summed E-state index contributed by atoms with van der Waals surface area (Å²) in [6.07, 6.45) is 5.54. The maximum absolute atomic E-state index is 2.23. The third-order valence-corrected chi connectivity index (χ3v) is 0.957. The minimum Gasteiger partial charge on any atom is -0.147 e. The molecular weight excluding hydrogens is 191 g/mol. The van der Waals surface area contributed by atoms with Crippen LogP contribution in [0.3, 0.4) is 0 Å². The average Bonchev–Trinajstić information content (AvgIpc) is 1.61. The molecule has 0 amide bonds. The van der Waals surface area contributed by atoms with Crippen molar-refractivity contribution >= 4 is 24.8 Å². The van der Waals surface area contributed by atoms with Crippen molar-refractivity contribution in [3.63, 3.8) is 0 Å². The molecule has 0 aromatic heterocycles. The Balaban J connectivity index is -0.0000000417. The smallest absolute Gasteiger partial charge is 0 e. The SMILES string of the molecule is CCCCCC.Cl.Cl.[Ti]. The second kappa shape index (κ2) is 22.8. The molecule has 0 fully saturated rings. The van der Waals surface area contributed by atoms with Gasteiger partial charge in [0, 0.05) is 21.7 Å². The second-order valence-corrected chi connectivity index (χ2v) is 1.71. The van der Waals surface area contributed by atoms with E-state index in [9.17, 15) is 0 Å². The van der Waals surface area contributed by atoms with E-state index in [4.69, 9.17) is 0 Å².